The van der Waals surface area contributed by atoms with Crippen molar-refractivity contribution in [2.24, 2.45) is 0 Å². The summed E-state index contributed by atoms with van der Waals surface area (Å²) in [4.78, 5) is 49.0. The second-order valence-electron chi connectivity index (χ2n) is 10.4. The van der Waals surface area contributed by atoms with Gasteiger partial charge in [0.05, 0.1) is 11.4 Å². The highest BCUT2D eigenvalue weighted by molar-refractivity contribution is 6.36. The molecule has 0 radical (unpaired) electrons. The second-order valence-corrected chi connectivity index (χ2v) is 10.4. The lowest BCUT2D eigenvalue weighted by Crippen LogP contribution is -2.55. The van der Waals surface area contributed by atoms with Crippen LogP contribution in [0.25, 0.3) is 22.5 Å². The molecule has 2 aliphatic heterocycles. The van der Waals surface area contributed by atoms with Crippen LogP contribution in [0.4, 0.5) is 0 Å². The van der Waals surface area contributed by atoms with Gasteiger partial charge in [-0.15, -0.1) is 0 Å². The van der Waals surface area contributed by atoms with E-state index < -0.39 is 0 Å². The van der Waals surface area contributed by atoms with Gasteiger partial charge in [-0.3, -0.25) is 19.3 Å². The number of ketones is 1. The van der Waals surface area contributed by atoms with Crippen LogP contribution in [-0.2, 0) is 9.59 Å². The van der Waals surface area contributed by atoms with E-state index in [1.165, 1.54) is 0 Å². The lowest BCUT2D eigenvalue weighted by atomic mass is 10.0. The average molecular weight is 525 g/mol. The molecule has 39 heavy (non-hydrogen) atoms. The highest BCUT2D eigenvalue weighted by Crippen LogP contribution is 2.26. The standard InChI is InChI=1S/C32H36N4O3/c1-2-9-30(37)32(39)35-16-14-27(15-17-35)34-18-20-36(21-19-34)31(38)26-22-28(24-10-5-3-6-11-24)33-29(23-26)25-12-7-4-8-13-25/h3-8,10-13,22-23,27H,2,9,14-21H2,1H3. The predicted molar refractivity (Wildman–Crippen MR) is 152 cm³/mol. The Morgan fingerprint density at radius 2 is 1.28 bits per heavy atom. The number of hydrogen-bond donors (Lipinski definition) is 0. The number of amides is 2. The zero-order valence-corrected chi connectivity index (χ0v) is 22.6. The molecule has 0 aliphatic carbocycles. The van der Waals surface area contributed by atoms with Crippen molar-refractivity contribution in [2.75, 3.05) is 39.3 Å². The summed E-state index contributed by atoms with van der Waals surface area (Å²) in [6.07, 6.45) is 2.76. The molecule has 0 spiro atoms. The summed E-state index contributed by atoms with van der Waals surface area (Å²) in [7, 11) is 0. The molecule has 2 saturated heterocycles. The summed E-state index contributed by atoms with van der Waals surface area (Å²) >= 11 is 0. The summed E-state index contributed by atoms with van der Waals surface area (Å²) in [5, 5.41) is 0. The number of pyridine rings is 1. The van der Waals surface area contributed by atoms with Gasteiger partial charge in [0.2, 0.25) is 5.78 Å². The van der Waals surface area contributed by atoms with Crippen molar-refractivity contribution >= 4 is 17.6 Å². The smallest absolute Gasteiger partial charge is 0.289 e. The van der Waals surface area contributed by atoms with Crippen molar-refractivity contribution in [1.29, 1.82) is 0 Å². The van der Waals surface area contributed by atoms with Crippen LogP contribution < -0.4 is 0 Å². The van der Waals surface area contributed by atoms with E-state index in [1.54, 1.807) is 4.90 Å². The Bertz CT molecular complexity index is 1240. The maximum absolute atomic E-state index is 13.7. The number of hydrogen-bond acceptors (Lipinski definition) is 5. The molecule has 7 heteroatoms. The Kier molecular flexibility index (Phi) is 8.47. The van der Waals surface area contributed by atoms with E-state index in [9.17, 15) is 14.4 Å². The van der Waals surface area contributed by atoms with E-state index in [0.29, 0.717) is 50.6 Å². The van der Waals surface area contributed by atoms with Gasteiger partial charge >= 0.3 is 0 Å². The van der Waals surface area contributed by atoms with Crippen molar-refractivity contribution in [3.05, 3.63) is 78.4 Å². The number of rotatable bonds is 7. The molecule has 5 rings (SSSR count). The molecule has 2 fully saturated rings. The van der Waals surface area contributed by atoms with Crippen molar-refractivity contribution in [2.45, 2.75) is 38.6 Å². The fourth-order valence-electron chi connectivity index (χ4n) is 5.58. The zero-order valence-electron chi connectivity index (χ0n) is 22.6. The first kappa shape index (κ1) is 26.8. The minimum absolute atomic E-state index is 0.0289. The molecule has 7 nitrogen and oxygen atoms in total. The summed E-state index contributed by atoms with van der Waals surface area (Å²) in [6, 6.07) is 24.1. The van der Waals surface area contributed by atoms with Crippen LogP contribution in [0.3, 0.4) is 0 Å². The summed E-state index contributed by atoms with van der Waals surface area (Å²) in [6.45, 7) is 6.11. The summed E-state index contributed by atoms with van der Waals surface area (Å²) < 4.78 is 0. The molecule has 3 heterocycles. The van der Waals surface area contributed by atoms with E-state index in [0.717, 1.165) is 48.4 Å². The Morgan fingerprint density at radius 1 is 0.744 bits per heavy atom. The fraction of sp³-hybridized carbons (Fsp3) is 0.375. The third-order valence-corrected chi connectivity index (χ3v) is 7.80. The molecule has 0 saturated carbocycles. The van der Waals surface area contributed by atoms with Crippen LogP contribution in [0.5, 0.6) is 0 Å². The molecular formula is C32H36N4O3. The van der Waals surface area contributed by atoms with Crippen molar-refractivity contribution < 1.29 is 14.4 Å². The van der Waals surface area contributed by atoms with Crippen LogP contribution in [0.15, 0.2) is 72.8 Å². The Balaban J connectivity index is 1.24. The molecule has 0 bridgehead atoms. The topological polar surface area (TPSA) is 73.8 Å². The quantitative estimate of drug-likeness (QED) is 0.425. The fourth-order valence-corrected chi connectivity index (χ4v) is 5.58. The predicted octanol–water partition coefficient (Wildman–Crippen LogP) is 4.53. The van der Waals surface area contributed by atoms with E-state index >= 15 is 0 Å². The normalized spacial score (nSPS) is 16.7. The minimum Gasteiger partial charge on any atom is -0.336 e. The van der Waals surface area contributed by atoms with E-state index in [2.05, 4.69) is 4.90 Å². The van der Waals surface area contributed by atoms with Crippen molar-refractivity contribution in [3.8, 4) is 22.5 Å². The average Bonchev–Trinajstić information content (AvgIpc) is 3.01. The van der Waals surface area contributed by atoms with Gasteiger partial charge in [0.15, 0.2) is 0 Å². The molecule has 0 unspecified atom stereocenters. The number of benzene rings is 2. The van der Waals surface area contributed by atoms with Crippen LogP contribution in [-0.4, -0.2) is 82.6 Å². The number of nitrogens with zero attached hydrogens (tertiary/aromatic N) is 4. The monoisotopic (exact) mass is 524 g/mol. The first-order valence-corrected chi connectivity index (χ1v) is 14.0. The van der Waals surface area contributed by atoms with Crippen LogP contribution in [0.2, 0.25) is 0 Å². The number of aromatic nitrogens is 1. The highest BCUT2D eigenvalue weighted by Gasteiger charge is 2.32. The van der Waals surface area contributed by atoms with E-state index in [-0.39, 0.29) is 17.6 Å². The zero-order chi connectivity index (χ0) is 27.2. The van der Waals surface area contributed by atoms with Gasteiger partial charge < -0.3 is 9.80 Å². The maximum Gasteiger partial charge on any atom is 0.289 e. The number of likely N-dealkylation sites (tertiary alicyclic amines) is 1. The largest absolute Gasteiger partial charge is 0.336 e. The molecule has 2 aromatic carbocycles. The maximum atomic E-state index is 13.7. The number of Topliss-reactive ketones (excluding diaryl/α,β-unsaturated/α-hetero) is 1. The van der Waals surface area contributed by atoms with Crippen LogP contribution in [0, 0.1) is 0 Å². The first-order valence-electron chi connectivity index (χ1n) is 14.0. The van der Waals surface area contributed by atoms with Gasteiger partial charge in [-0.25, -0.2) is 4.98 Å². The Labute approximate surface area is 230 Å². The molecule has 2 aliphatic rings. The molecule has 0 N–H and O–H groups in total. The molecular weight excluding hydrogens is 488 g/mol. The third kappa shape index (κ3) is 6.25. The molecule has 1 aromatic heterocycles. The van der Waals surface area contributed by atoms with Gasteiger partial charge in [-0.2, -0.15) is 0 Å². The number of piperidine rings is 1. The van der Waals surface area contributed by atoms with Gasteiger partial charge in [0.25, 0.3) is 11.8 Å². The summed E-state index contributed by atoms with van der Waals surface area (Å²) in [5.41, 5.74) is 4.20. The van der Waals surface area contributed by atoms with Gasteiger partial charge in [0.1, 0.15) is 0 Å². The van der Waals surface area contributed by atoms with Crippen molar-refractivity contribution in [1.82, 2.24) is 19.7 Å². The van der Waals surface area contributed by atoms with Gasteiger partial charge in [-0.1, -0.05) is 67.6 Å². The van der Waals surface area contributed by atoms with Crippen molar-refractivity contribution in [3.63, 3.8) is 0 Å². The SMILES string of the molecule is CCCC(=O)C(=O)N1CCC(N2CCN(C(=O)c3cc(-c4ccccc4)nc(-c4ccccc4)c3)CC2)CC1. The van der Waals surface area contributed by atoms with Crippen LogP contribution >= 0.6 is 0 Å². The third-order valence-electron chi connectivity index (χ3n) is 7.80. The lowest BCUT2D eigenvalue weighted by Gasteiger charge is -2.42. The molecule has 3 aromatic rings. The lowest BCUT2D eigenvalue weighted by molar-refractivity contribution is -0.145. The molecule has 2 amide bonds. The second kappa shape index (κ2) is 12.3. The van der Waals surface area contributed by atoms with E-state index in [4.69, 9.17) is 4.98 Å². The Hall–Kier alpha value is -3.84. The number of piperazine rings is 1. The number of carbonyl (C=O) groups excluding carboxylic acids is 3. The van der Waals surface area contributed by atoms with Gasteiger partial charge in [0, 0.05) is 68.4 Å². The van der Waals surface area contributed by atoms with E-state index in [1.807, 2.05) is 84.6 Å². The van der Waals surface area contributed by atoms with Crippen LogP contribution in [0.1, 0.15) is 43.0 Å². The van der Waals surface area contributed by atoms with Gasteiger partial charge in [-0.05, 0) is 31.4 Å². The Morgan fingerprint density at radius 3 is 1.79 bits per heavy atom. The highest BCUT2D eigenvalue weighted by atomic mass is 16.2. The minimum atomic E-state index is -0.326. The molecule has 202 valence electrons. The summed E-state index contributed by atoms with van der Waals surface area (Å²) in [5.74, 6) is -0.570. The number of carbonyl (C=O) groups is 3. The first-order chi connectivity index (χ1) is 19.0. The molecule has 0 atom stereocenters.